The molecule has 2 aliphatic rings. The fourth-order valence-electron chi connectivity index (χ4n) is 3.46. The minimum atomic E-state index is -4.79. The Morgan fingerprint density at radius 1 is 1.42 bits per heavy atom. The molecule has 144 valence electrons. The molecule has 1 saturated heterocycles. The van der Waals surface area contributed by atoms with E-state index in [0.717, 1.165) is 12.1 Å². The molecule has 0 aromatic heterocycles. The predicted molar refractivity (Wildman–Crippen MR) is 84.3 cm³/mol. The second-order valence-corrected chi connectivity index (χ2v) is 6.56. The highest BCUT2D eigenvalue weighted by Crippen LogP contribution is 2.54. The van der Waals surface area contributed by atoms with Gasteiger partial charge < -0.3 is 20.1 Å². The van der Waals surface area contributed by atoms with E-state index in [1.54, 1.807) is 0 Å². The summed E-state index contributed by atoms with van der Waals surface area (Å²) in [7, 11) is 1.41. The molecule has 1 aromatic carbocycles. The highest BCUT2D eigenvalue weighted by molar-refractivity contribution is 5.67. The maximum atomic E-state index is 13.6. The first kappa shape index (κ1) is 18.9. The van der Waals surface area contributed by atoms with Gasteiger partial charge in [0, 0.05) is 19.0 Å². The summed E-state index contributed by atoms with van der Waals surface area (Å²) in [5.41, 5.74) is -1.79. The summed E-state index contributed by atoms with van der Waals surface area (Å²) in [5.74, 6) is -1.32. The zero-order chi connectivity index (χ0) is 18.9. The van der Waals surface area contributed by atoms with Crippen molar-refractivity contribution >= 4 is 6.09 Å². The Morgan fingerprint density at radius 2 is 2.15 bits per heavy atom. The summed E-state index contributed by atoms with van der Waals surface area (Å²) < 4.78 is 63.8. The first-order valence-electron chi connectivity index (χ1n) is 8.34. The first-order chi connectivity index (χ1) is 12.3. The number of alkyl carbamates (subject to hydrolysis) is 1. The van der Waals surface area contributed by atoms with Crippen molar-refractivity contribution in [2.45, 2.75) is 36.6 Å². The SMILES string of the molecule is CNC(=O)O[C@H](C1COCCN1)C1(c2ccc(F)c(C(F)(F)F)c2)CC1. The van der Waals surface area contributed by atoms with E-state index in [9.17, 15) is 22.4 Å². The van der Waals surface area contributed by atoms with Crippen molar-refractivity contribution in [1.82, 2.24) is 10.6 Å². The van der Waals surface area contributed by atoms with Crippen molar-refractivity contribution in [2.24, 2.45) is 0 Å². The number of carbonyl (C=O) groups excluding carboxylic acids is 1. The second kappa shape index (κ2) is 7.03. The Kier molecular flexibility index (Phi) is 5.12. The van der Waals surface area contributed by atoms with Gasteiger partial charge in [0.05, 0.1) is 24.8 Å². The monoisotopic (exact) mass is 376 g/mol. The molecule has 0 radical (unpaired) electrons. The Labute approximate surface area is 148 Å². The zero-order valence-electron chi connectivity index (χ0n) is 14.2. The van der Waals surface area contributed by atoms with Crippen LogP contribution >= 0.6 is 0 Å². The van der Waals surface area contributed by atoms with Crippen molar-refractivity contribution in [2.75, 3.05) is 26.8 Å². The zero-order valence-corrected chi connectivity index (χ0v) is 14.2. The third-order valence-electron chi connectivity index (χ3n) is 4.93. The van der Waals surface area contributed by atoms with E-state index in [1.807, 2.05) is 0 Å². The van der Waals surface area contributed by atoms with Crippen molar-refractivity contribution in [3.63, 3.8) is 0 Å². The summed E-state index contributed by atoms with van der Waals surface area (Å²) >= 11 is 0. The molecule has 9 heteroatoms. The standard InChI is InChI=1S/C17H20F4N2O3/c1-22-15(24)26-14(13-9-25-7-6-23-13)16(4-5-16)10-2-3-12(18)11(8-10)17(19,20)21/h2-3,8,13-14,23H,4-7,9H2,1H3,(H,22,24)/t13?,14-/m1/s1. The third-order valence-corrected chi connectivity index (χ3v) is 4.93. The maximum absolute atomic E-state index is 13.6. The van der Waals surface area contributed by atoms with Gasteiger partial charge in [-0.05, 0) is 30.5 Å². The fourth-order valence-corrected chi connectivity index (χ4v) is 3.46. The summed E-state index contributed by atoms with van der Waals surface area (Å²) in [6, 6.07) is 2.62. The van der Waals surface area contributed by atoms with Crippen molar-refractivity contribution in [3.8, 4) is 0 Å². The van der Waals surface area contributed by atoms with Gasteiger partial charge in [-0.3, -0.25) is 0 Å². The summed E-state index contributed by atoms with van der Waals surface area (Å²) in [4.78, 5) is 11.8. The number of hydrogen-bond donors (Lipinski definition) is 2. The Hall–Kier alpha value is -1.87. The molecule has 2 fully saturated rings. The summed E-state index contributed by atoms with van der Waals surface area (Å²) in [6.45, 7) is 1.33. The van der Waals surface area contributed by atoms with Crippen molar-refractivity contribution in [3.05, 3.63) is 35.1 Å². The van der Waals surface area contributed by atoms with Gasteiger partial charge in [-0.1, -0.05) is 6.07 Å². The van der Waals surface area contributed by atoms with Crippen molar-refractivity contribution < 1.29 is 31.8 Å². The minimum absolute atomic E-state index is 0.275. The van der Waals surface area contributed by atoms with Crippen LogP contribution in [0.3, 0.4) is 0 Å². The van der Waals surface area contributed by atoms with E-state index in [0.29, 0.717) is 31.6 Å². The van der Waals surface area contributed by atoms with E-state index in [-0.39, 0.29) is 12.6 Å². The number of alkyl halides is 3. The van der Waals surface area contributed by atoms with Gasteiger partial charge in [-0.15, -0.1) is 0 Å². The number of ether oxygens (including phenoxy) is 2. The molecule has 3 rings (SSSR count). The molecule has 5 nitrogen and oxygen atoms in total. The lowest BCUT2D eigenvalue weighted by atomic mass is 9.84. The lowest BCUT2D eigenvalue weighted by Gasteiger charge is -2.36. The Morgan fingerprint density at radius 3 is 2.69 bits per heavy atom. The third kappa shape index (κ3) is 3.64. The molecular formula is C17H20F4N2O3. The lowest BCUT2D eigenvalue weighted by Crippen LogP contribution is -2.55. The second-order valence-electron chi connectivity index (χ2n) is 6.56. The average molecular weight is 376 g/mol. The van der Waals surface area contributed by atoms with Crippen LogP contribution in [-0.4, -0.2) is 45.0 Å². The molecule has 1 unspecified atom stereocenters. The molecule has 0 bridgehead atoms. The van der Waals surface area contributed by atoms with Crippen LogP contribution in [0.1, 0.15) is 24.0 Å². The molecule has 2 N–H and O–H groups in total. The van der Waals surface area contributed by atoms with Crippen LogP contribution in [-0.2, 0) is 21.1 Å². The molecule has 1 amide bonds. The van der Waals surface area contributed by atoms with Crippen LogP contribution in [0, 0.1) is 5.82 Å². The van der Waals surface area contributed by atoms with E-state index in [2.05, 4.69) is 10.6 Å². The number of morpholine rings is 1. The van der Waals surface area contributed by atoms with Gasteiger partial charge in [0.25, 0.3) is 0 Å². The van der Waals surface area contributed by atoms with Crippen LogP contribution < -0.4 is 10.6 Å². The molecule has 1 aromatic rings. The Bertz CT molecular complexity index is 670. The Balaban J connectivity index is 1.96. The quantitative estimate of drug-likeness (QED) is 0.794. The van der Waals surface area contributed by atoms with Gasteiger partial charge in [0.2, 0.25) is 0 Å². The minimum Gasteiger partial charge on any atom is -0.444 e. The van der Waals surface area contributed by atoms with E-state index < -0.39 is 35.2 Å². The molecule has 0 spiro atoms. The van der Waals surface area contributed by atoms with Gasteiger partial charge in [0.1, 0.15) is 11.9 Å². The number of benzene rings is 1. The normalized spacial score (nSPS) is 23.2. The highest BCUT2D eigenvalue weighted by Gasteiger charge is 2.56. The molecule has 26 heavy (non-hydrogen) atoms. The molecule has 1 saturated carbocycles. The molecule has 1 aliphatic carbocycles. The lowest BCUT2D eigenvalue weighted by molar-refractivity contribution is -0.140. The van der Waals surface area contributed by atoms with Crippen LogP contribution in [0.5, 0.6) is 0 Å². The van der Waals surface area contributed by atoms with Crippen LogP contribution in [0.2, 0.25) is 0 Å². The number of nitrogens with one attached hydrogen (secondary N) is 2. The van der Waals surface area contributed by atoms with Gasteiger partial charge in [-0.2, -0.15) is 13.2 Å². The van der Waals surface area contributed by atoms with Gasteiger partial charge >= 0.3 is 12.3 Å². The molecule has 1 aliphatic heterocycles. The van der Waals surface area contributed by atoms with Crippen LogP contribution in [0.4, 0.5) is 22.4 Å². The molecule has 2 atom stereocenters. The van der Waals surface area contributed by atoms with Gasteiger partial charge in [-0.25, -0.2) is 9.18 Å². The van der Waals surface area contributed by atoms with Gasteiger partial charge in [0.15, 0.2) is 0 Å². The van der Waals surface area contributed by atoms with Crippen molar-refractivity contribution in [1.29, 1.82) is 0 Å². The van der Waals surface area contributed by atoms with E-state index in [1.165, 1.54) is 13.1 Å². The predicted octanol–water partition coefficient (Wildman–Crippen LogP) is 2.59. The van der Waals surface area contributed by atoms with Crippen LogP contribution in [0.15, 0.2) is 18.2 Å². The summed E-state index contributed by atoms with van der Waals surface area (Å²) in [6.07, 6.45) is -5.12. The maximum Gasteiger partial charge on any atom is 0.419 e. The number of halogens is 4. The number of amides is 1. The molecule has 1 heterocycles. The average Bonchev–Trinajstić information content (AvgIpc) is 3.41. The van der Waals surface area contributed by atoms with Crippen LogP contribution in [0.25, 0.3) is 0 Å². The fraction of sp³-hybridized carbons (Fsp3) is 0.588. The largest absolute Gasteiger partial charge is 0.444 e. The smallest absolute Gasteiger partial charge is 0.419 e. The number of carbonyl (C=O) groups is 1. The van der Waals surface area contributed by atoms with E-state index >= 15 is 0 Å². The summed E-state index contributed by atoms with van der Waals surface area (Å²) in [5, 5.41) is 5.56. The topological polar surface area (TPSA) is 59.6 Å². The molecular weight excluding hydrogens is 356 g/mol. The van der Waals surface area contributed by atoms with E-state index in [4.69, 9.17) is 9.47 Å². The number of rotatable bonds is 4. The highest BCUT2D eigenvalue weighted by atomic mass is 19.4. The number of hydrogen-bond acceptors (Lipinski definition) is 4. The first-order valence-corrected chi connectivity index (χ1v) is 8.34.